The van der Waals surface area contributed by atoms with Gasteiger partial charge in [0.15, 0.2) is 0 Å². The molecule has 2 rings (SSSR count). The van der Waals surface area contributed by atoms with Gasteiger partial charge >= 0.3 is 0 Å². The molecule has 0 aliphatic rings. The maximum Gasteiger partial charge on any atom is 0.146 e. The summed E-state index contributed by atoms with van der Waals surface area (Å²) in [6.07, 6.45) is 1.02. The highest BCUT2D eigenvalue weighted by Gasteiger charge is 2.14. The minimum atomic E-state index is -1.08. The topological polar surface area (TPSA) is 47.8 Å². The van der Waals surface area contributed by atoms with Crippen LogP contribution in [-0.2, 0) is 23.1 Å². The second-order valence-corrected chi connectivity index (χ2v) is 6.49. The standard InChI is InChI=1S/C15H21N3OS/c1-5-8-18-13(4)16-17-15(18)10-20(19)14-9-11(2)6-7-12(14)3/h6-7,9H,5,8,10H2,1-4H3. The first-order chi connectivity index (χ1) is 9.52. The molecule has 0 radical (unpaired) electrons. The van der Waals surface area contributed by atoms with E-state index in [1.807, 2.05) is 39.0 Å². The Kier molecular flexibility index (Phi) is 4.70. The monoisotopic (exact) mass is 291 g/mol. The van der Waals surface area contributed by atoms with E-state index in [2.05, 4.69) is 21.7 Å². The first-order valence-electron chi connectivity index (χ1n) is 6.87. The average molecular weight is 291 g/mol. The van der Waals surface area contributed by atoms with E-state index in [0.717, 1.165) is 40.6 Å². The Balaban J connectivity index is 2.26. The minimum Gasteiger partial charge on any atom is -0.314 e. The average Bonchev–Trinajstić information content (AvgIpc) is 2.75. The molecular formula is C15H21N3OS. The highest BCUT2D eigenvalue weighted by atomic mass is 32.2. The number of nitrogens with zero attached hydrogens (tertiary/aromatic N) is 3. The molecule has 0 bridgehead atoms. The third-order valence-corrected chi connectivity index (χ3v) is 4.76. The lowest BCUT2D eigenvalue weighted by atomic mass is 10.2. The highest BCUT2D eigenvalue weighted by Crippen LogP contribution is 2.18. The number of aryl methyl sites for hydroxylation is 3. The lowest BCUT2D eigenvalue weighted by molar-refractivity contribution is 0.631. The van der Waals surface area contributed by atoms with E-state index in [9.17, 15) is 4.21 Å². The molecule has 0 fully saturated rings. The molecule has 1 heterocycles. The summed E-state index contributed by atoms with van der Waals surface area (Å²) in [5.41, 5.74) is 2.19. The summed E-state index contributed by atoms with van der Waals surface area (Å²) in [6.45, 7) is 8.94. The molecular weight excluding hydrogens is 270 g/mol. The molecule has 2 aromatic rings. The fraction of sp³-hybridized carbons (Fsp3) is 0.467. The van der Waals surface area contributed by atoms with Crippen LogP contribution in [0, 0.1) is 20.8 Å². The second kappa shape index (κ2) is 6.31. The summed E-state index contributed by atoms with van der Waals surface area (Å²) in [6, 6.07) is 6.06. The van der Waals surface area contributed by atoms with Crippen molar-refractivity contribution in [1.82, 2.24) is 14.8 Å². The van der Waals surface area contributed by atoms with E-state index in [1.165, 1.54) is 0 Å². The molecule has 1 atom stereocenters. The van der Waals surface area contributed by atoms with Crippen molar-refractivity contribution in [2.24, 2.45) is 0 Å². The Morgan fingerprint density at radius 2 is 1.95 bits per heavy atom. The van der Waals surface area contributed by atoms with Crippen molar-refractivity contribution in [2.45, 2.75) is 51.3 Å². The van der Waals surface area contributed by atoms with Crippen molar-refractivity contribution in [2.75, 3.05) is 0 Å². The highest BCUT2D eigenvalue weighted by molar-refractivity contribution is 7.84. The lowest BCUT2D eigenvalue weighted by Crippen LogP contribution is -2.09. The van der Waals surface area contributed by atoms with Gasteiger partial charge in [0.1, 0.15) is 11.6 Å². The number of hydrogen-bond acceptors (Lipinski definition) is 3. The predicted octanol–water partition coefficient (Wildman–Crippen LogP) is 2.92. The molecule has 1 aromatic heterocycles. The van der Waals surface area contributed by atoms with Crippen LogP contribution in [0.15, 0.2) is 23.1 Å². The van der Waals surface area contributed by atoms with Crippen LogP contribution >= 0.6 is 0 Å². The Morgan fingerprint density at radius 1 is 1.20 bits per heavy atom. The van der Waals surface area contributed by atoms with E-state index in [1.54, 1.807) is 0 Å². The van der Waals surface area contributed by atoms with Gasteiger partial charge in [0.05, 0.1) is 16.6 Å². The van der Waals surface area contributed by atoms with Crippen LogP contribution < -0.4 is 0 Å². The van der Waals surface area contributed by atoms with Gasteiger partial charge in [-0.05, 0) is 44.4 Å². The van der Waals surface area contributed by atoms with Gasteiger partial charge in [-0.25, -0.2) is 0 Å². The molecule has 0 amide bonds. The van der Waals surface area contributed by atoms with Gasteiger partial charge in [-0.2, -0.15) is 0 Å². The summed E-state index contributed by atoms with van der Waals surface area (Å²) in [5.74, 6) is 2.12. The van der Waals surface area contributed by atoms with Gasteiger partial charge < -0.3 is 4.57 Å². The number of rotatable bonds is 5. The summed E-state index contributed by atoms with van der Waals surface area (Å²) >= 11 is 0. The zero-order valence-corrected chi connectivity index (χ0v) is 13.3. The SMILES string of the molecule is CCCn1c(C)nnc1CS(=O)c1cc(C)ccc1C. The van der Waals surface area contributed by atoms with Crippen molar-refractivity contribution in [3.63, 3.8) is 0 Å². The Labute approximate surface area is 122 Å². The van der Waals surface area contributed by atoms with Crippen LogP contribution in [0.3, 0.4) is 0 Å². The van der Waals surface area contributed by atoms with E-state index >= 15 is 0 Å². The Hall–Kier alpha value is -1.49. The first kappa shape index (κ1) is 14.9. The molecule has 0 saturated carbocycles. The molecule has 0 aliphatic heterocycles. The first-order valence-corrected chi connectivity index (χ1v) is 8.19. The Morgan fingerprint density at radius 3 is 2.65 bits per heavy atom. The normalized spacial score (nSPS) is 12.6. The molecule has 1 unspecified atom stereocenters. The summed E-state index contributed by atoms with van der Waals surface area (Å²) in [4.78, 5) is 0.897. The number of benzene rings is 1. The number of aromatic nitrogens is 3. The van der Waals surface area contributed by atoms with Gasteiger partial charge in [-0.15, -0.1) is 10.2 Å². The molecule has 4 nitrogen and oxygen atoms in total. The molecule has 108 valence electrons. The van der Waals surface area contributed by atoms with Crippen LogP contribution in [0.25, 0.3) is 0 Å². The molecule has 20 heavy (non-hydrogen) atoms. The molecule has 5 heteroatoms. The van der Waals surface area contributed by atoms with Crippen molar-refractivity contribution in [1.29, 1.82) is 0 Å². The third-order valence-electron chi connectivity index (χ3n) is 3.31. The lowest BCUT2D eigenvalue weighted by Gasteiger charge is -2.09. The zero-order chi connectivity index (χ0) is 14.7. The van der Waals surface area contributed by atoms with E-state index < -0.39 is 10.8 Å². The predicted molar refractivity (Wildman–Crippen MR) is 81.1 cm³/mol. The van der Waals surface area contributed by atoms with Crippen LogP contribution in [0.4, 0.5) is 0 Å². The van der Waals surface area contributed by atoms with Crippen LogP contribution in [0.2, 0.25) is 0 Å². The van der Waals surface area contributed by atoms with Gasteiger partial charge in [0, 0.05) is 11.4 Å². The summed E-state index contributed by atoms with van der Waals surface area (Å²) < 4.78 is 14.6. The van der Waals surface area contributed by atoms with Crippen LogP contribution in [0.5, 0.6) is 0 Å². The fourth-order valence-electron chi connectivity index (χ4n) is 2.19. The quantitative estimate of drug-likeness (QED) is 0.851. The third kappa shape index (κ3) is 3.15. The van der Waals surface area contributed by atoms with Gasteiger partial charge in [-0.1, -0.05) is 19.1 Å². The fourth-order valence-corrected chi connectivity index (χ4v) is 3.54. The van der Waals surface area contributed by atoms with Crippen molar-refractivity contribution >= 4 is 10.8 Å². The maximum atomic E-state index is 12.6. The van der Waals surface area contributed by atoms with E-state index in [0.29, 0.717) is 5.75 Å². The molecule has 0 aliphatic carbocycles. The van der Waals surface area contributed by atoms with Crippen molar-refractivity contribution in [3.8, 4) is 0 Å². The smallest absolute Gasteiger partial charge is 0.146 e. The minimum absolute atomic E-state index is 0.422. The molecule has 0 N–H and O–H groups in total. The van der Waals surface area contributed by atoms with Crippen molar-refractivity contribution in [3.05, 3.63) is 41.0 Å². The molecule has 1 aromatic carbocycles. The van der Waals surface area contributed by atoms with Crippen LogP contribution in [0.1, 0.15) is 36.1 Å². The van der Waals surface area contributed by atoms with Gasteiger partial charge in [-0.3, -0.25) is 4.21 Å². The van der Waals surface area contributed by atoms with Crippen LogP contribution in [-0.4, -0.2) is 19.0 Å². The second-order valence-electron chi connectivity index (χ2n) is 5.07. The largest absolute Gasteiger partial charge is 0.314 e. The van der Waals surface area contributed by atoms with Gasteiger partial charge in [0.25, 0.3) is 0 Å². The van der Waals surface area contributed by atoms with Crippen molar-refractivity contribution < 1.29 is 4.21 Å². The molecule has 0 saturated heterocycles. The maximum absolute atomic E-state index is 12.6. The van der Waals surface area contributed by atoms with Gasteiger partial charge in [0.2, 0.25) is 0 Å². The zero-order valence-electron chi connectivity index (χ0n) is 12.5. The van der Waals surface area contributed by atoms with E-state index in [4.69, 9.17) is 0 Å². The summed E-state index contributed by atoms with van der Waals surface area (Å²) in [7, 11) is -1.08. The molecule has 0 spiro atoms. The van der Waals surface area contributed by atoms with E-state index in [-0.39, 0.29) is 0 Å². The Bertz CT molecular complexity index is 634. The summed E-state index contributed by atoms with van der Waals surface area (Å²) in [5, 5.41) is 8.27. The number of hydrogen-bond donors (Lipinski definition) is 0.